The molecule has 2 aliphatic rings. The molecule has 2 aromatic rings. The van der Waals surface area contributed by atoms with E-state index in [1.807, 2.05) is 37.4 Å². The second-order valence-corrected chi connectivity index (χ2v) is 12.7. The van der Waals surface area contributed by atoms with E-state index in [0.717, 1.165) is 74.0 Å². The van der Waals surface area contributed by atoms with Crippen LogP contribution in [0.5, 0.6) is 0 Å². The second-order valence-electron chi connectivity index (χ2n) is 11.7. The second kappa shape index (κ2) is 18.0. The molecule has 0 aromatic heterocycles. The van der Waals surface area contributed by atoms with Crippen molar-refractivity contribution in [3.63, 3.8) is 0 Å². The van der Waals surface area contributed by atoms with Gasteiger partial charge in [-0.05, 0) is 48.9 Å². The van der Waals surface area contributed by atoms with Gasteiger partial charge in [-0.1, -0.05) is 74.6 Å². The van der Waals surface area contributed by atoms with Gasteiger partial charge in [-0.2, -0.15) is 0 Å². The largest absolute Gasteiger partial charge is 0.350 e. The van der Waals surface area contributed by atoms with Crippen molar-refractivity contribution in [2.75, 3.05) is 20.2 Å². The third-order valence-electron chi connectivity index (χ3n) is 8.12. The van der Waals surface area contributed by atoms with Crippen molar-refractivity contribution in [3.05, 3.63) is 65.7 Å². The van der Waals surface area contributed by atoms with Gasteiger partial charge in [0.1, 0.15) is 6.04 Å². The lowest BCUT2D eigenvalue weighted by Crippen LogP contribution is -2.50. The number of likely N-dealkylation sites (N-methyl/N-ethyl adjacent to an activating group) is 1. The van der Waals surface area contributed by atoms with E-state index in [-0.39, 0.29) is 24.1 Å². The fraction of sp³-hybridized carbons (Fsp3) is 0.559. The highest BCUT2D eigenvalue weighted by molar-refractivity contribution is 7.98. The fourth-order valence-corrected chi connectivity index (χ4v) is 6.51. The number of ether oxygens (including phenoxy) is 1. The van der Waals surface area contributed by atoms with Crippen molar-refractivity contribution in [2.45, 2.75) is 100 Å². The predicted molar refractivity (Wildman–Crippen MR) is 169 cm³/mol. The van der Waals surface area contributed by atoms with Gasteiger partial charge in [-0.25, -0.2) is 10.3 Å². The SMILES string of the molecule is CN1CCCCCCCC[C@H](CC(=O)NOC2CCCCO2)C(=O)N[C@@H](Cc2cccc(SCc3ccccc3)c2)C1=O. The zero-order valence-corrected chi connectivity index (χ0v) is 26.2. The maximum absolute atomic E-state index is 13.7. The minimum Gasteiger partial charge on any atom is -0.350 e. The quantitative estimate of drug-likeness (QED) is 0.276. The average molecular weight is 610 g/mol. The number of rotatable bonds is 9. The molecule has 0 aliphatic carbocycles. The molecule has 0 bridgehead atoms. The number of hydrogen-bond donors (Lipinski definition) is 2. The number of hydroxylamine groups is 1. The van der Waals surface area contributed by atoms with E-state index in [1.165, 1.54) is 5.56 Å². The number of benzene rings is 2. The van der Waals surface area contributed by atoms with Gasteiger partial charge in [0.15, 0.2) is 6.29 Å². The molecule has 2 fully saturated rings. The summed E-state index contributed by atoms with van der Waals surface area (Å²) in [5.41, 5.74) is 4.74. The summed E-state index contributed by atoms with van der Waals surface area (Å²) in [6.45, 7) is 1.27. The van der Waals surface area contributed by atoms with Crippen LogP contribution in [0, 0.1) is 5.92 Å². The van der Waals surface area contributed by atoms with Crippen molar-refractivity contribution >= 4 is 29.5 Å². The van der Waals surface area contributed by atoms with Gasteiger partial charge in [-0.15, -0.1) is 11.8 Å². The Morgan fingerprint density at radius 1 is 0.953 bits per heavy atom. The number of carbonyl (C=O) groups is 3. The minimum atomic E-state index is -0.715. The van der Waals surface area contributed by atoms with Crippen LogP contribution in [0.1, 0.15) is 81.8 Å². The van der Waals surface area contributed by atoms with Crippen molar-refractivity contribution in [1.29, 1.82) is 0 Å². The zero-order valence-electron chi connectivity index (χ0n) is 25.4. The molecular formula is C34H47N3O5S. The molecule has 2 aliphatic heterocycles. The number of nitrogens with zero attached hydrogens (tertiary/aromatic N) is 1. The van der Waals surface area contributed by atoms with Gasteiger partial charge in [0.25, 0.3) is 0 Å². The highest BCUT2D eigenvalue weighted by atomic mass is 32.2. The summed E-state index contributed by atoms with van der Waals surface area (Å²) in [5, 5.41) is 3.06. The highest BCUT2D eigenvalue weighted by Gasteiger charge is 2.29. The maximum atomic E-state index is 13.7. The Labute approximate surface area is 260 Å². The third kappa shape index (κ3) is 11.6. The summed E-state index contributed by atoms with van der Waals surface area (Å²) < 4.78 is 5.53. The molecule has 3 atom stereocenters. The number of carbonyl (C=O) groups excluding carboxylic acids is 3. The summed E-state index contributed by atoms with van der Waals surface area (Å²) in [7, 11) is 1.81. The zero-order chi connectivity index (χ0) is 30.3. The highest BCUT2D eigenvalue weighted by Crippen LogP contribution is 2.25. The van der Waals surface area contributed by atoms with E-state index in [9.17, 15) is 14.4 Å². The lowest BCUT2D eigenvalue weighted by atomic mass is 9.94. The number of nitrogens with one attached hydrogen (secondary N) is 2. The normalized spacial score (nSPS) is 22.8. The molecule has 2 saturated heterocycles. The molecule has 3 amide bonds. The smallest absolute Gasteiger partial charge is 0.245 e. The Hall–Kier alpha value is -2.88. The lowest BCUT2D eigenvalue weighted by molar-refractivity contribution is -0.200. The molecule has 4 rings (SSSR count). The van der Waals surface area contributed by atoms with E-state index in [0.29, 0.717) is 26.0 Å². The Bertz CT molecular complexity index is 1160. The molecule has 43 heavy (non-hydrogen) atoms. The topological polar surface area (TPSA) is 97.0 Å². The van der Waals surface area contributed by atoms with Gasteiger partial charge in [-0.3, -0.25) is 14.4 Å². The number of hydrogen-bond acceptors (Lipinski definition) is 6. The molecule has 8 nitrogen and oxygen atoms in total. The van der Waals surface area contributed by atoms with Crippen molar-refractivity contribution in [1.82, 2.24) is 15.7 Å². The van der Waals surface area contributed by atoms with Gasteiger partial charge in [0, 0.05) is 56.0 Å². The van der Waals surface area contributed by atoms with Crippen molar-refractivity contribution < 1.29 is 24.0 Å². The van der Waals surface area contributed by atoms with Gasteiger partial charge >= 0.3 is 0 Å². The predicted octanol–water partition coefficient (Wildman–Crippen LogP) is 5.79. The third-order valence-corrected chi connectivity index (χ3v) is 9.18. The minimum absolute atomic E-state index is 0.000907. The molecule has 1 unspecified atom stereocenters. The van der Waals surface area contributed by atoms with Crippen LogP contribution in [0.4, 0.5) is 0 Å². The number of amides is 3. The summed E-state index contributed by atoms with van der Waals surface area (Å²) >= 11 is 1.75. The van der Waals surface area contributed by atoms with Gasteiger partial charge < -0.3 is 15.0 Å². The van der Waals surface area contributed by atoms with Crippen LogP contribution < -0.4 is 10.8 Å². The molecule has 0 saturated carbocycles. The number of thioether (sulfide) groups is 1. The molecule has 0 spiro atoms. The first-order valence-corrected chi connectivity index (χ1v) is 16.8. The summed E-state index contributed by atoms with van der Waals surface area (Å²) in [5.74, 6) is -0.408. The van der Waals surface area contributed by atoms with E-state index < -0.39 is 18.2 Å². The molecule has 0 radical (unpaired) electrons. The monoisotopic (exact) mass is 609 g/mol. The van der Waals surface area contributed by atoms with Crippen LogP contribution in [-0.2, 0) is 36.1 Å². The Morgan fingerprint density at radius 2 is 1.70 bits per heavy atom. The average Bonchev–Trinajstić information content (AvgIpc) is 3.03. The molecular weight excluding hydrogens is 562 g/mol. The van der Waals surface area contributed by atoms with Crippen molar-refractivity contribution in [2.24, 2.45) is 5.92 Å². The van der Waals surface area contributed by atoms with Crippen LogP contribution >= 0.6 is 11.8 Å². The summed E-state index contributed by atoms with van der Waals surface area (Å²) in [6.07, 6.45) is 9.31. The molecule has 2 heterocycles. The van der Waals surface area contributed by atoms with Crippen LogP contribution in [0.15, 0.2) is 59.5 Å². The molecule has 2 aromatic carbocycles. The van der Waals surface area contributed by atoms with Crippen LogP contribution in [0.2, 0.25) is 0 Å². The maximum Gasteiger partial charge on any atom is 0.245 e. The van der Waals surface area contributed by atoms with Crippen LogP contribution in [0.25, 0.3) is 0 Å². The van der Waals surface area contributed by atoms with E-state index in [1.54, 1.807) is 16.7 Å². The Kier molecular flexibility index (Phi) is 13.9. The summed E-state index contributed by atoms with van der Waals surface area (Å²) in [6, 6.07) is 17.8. The Balaban J connectivity index is 1.43. The first-order chi connectivity index (χ1) is 21.0. The standard InChI is InChI=1S/C34H47N3O5S/c1-37-20-11-5-3-2-4-9-17-28(24-31(38)36-42-32-19-10-12-21-41-32)33(39)35-30(34(37)40)23-27-16-13-18-29(22-27)43-25-26-14-7-6-8-15-26/h6-8,13-16,18,22,28,30,32H,2-5,9-12,17,19-21,23-25H2,1H3,(H,35,39)(H,36,38)/t28-,30+,32?/m1/s1. The molecule has 9 heteroatoms. The van der Waals surface area contributed by atoms with Crippen LogP contribution in [-0.4, -0.2) is 55.2 Å². The first kappa shape index (κ1) is 33.0. The molecule has 234 valence electrons. The van der Waals surface area contributed by atoms with Gasteiger partial charge in [0.2, 0.25) is 17.7 Å². The van der Waals surface area contributed by atoms with E-state index in [4.69, 9.17) is 9.57 Å². The fourth-order valence-electron chi connectivity index (χ4n) is 5.58. The van der Waals surface area contributed by atoms with Crippen molar-refractivity contribution in [3.8, 4) is 0 Å². The van der Waals surface area contributed by atoms with E-state index in [2.05, 4.69) is 35.1 Å². The summed E-state index contributed by atoms with van der Waals surface area (Å²) in [4.78, 5) is 48.5. The van der Waals surface area contributed by atoms with Gasteiger partial charge in [0.05, 0.1) is 0 Å². The lowest BCUT2D eigenvalue weighted by Gasteiger charge is -2.27. The molecule has 2 N–H and O–H groups in total. The Morgan fingerprint density at radius 3 is 2.49 bits per heavy atom. The van der Waals surface area contributed by atoms with Crippen LogP contribution in [0.3, 0.4) is 0 Å². The van der Waals surface area contributed by atoms with E-state index >= 15 is 0 Å². The first-order valence-electron chi connectivity index (χ1n) is 15.8.